The molecule has 1 saturated heterocycles. The number of nitrogens with zero attached hydrogens (tertiary/aromatic N) is 1. The maximum atomic E-state index is 12.3. The molecular weight excluding hydrogens is 304 g/mol. The van der Waals surface area contributed by atoms with Gasteiger partial charge in [-0.2, -0.15) is 0 Å². The molecule has 2 N–H and O–H groups in total. The second kappa shape index (κ2) is 7.34. The molecule has 0 radical (unpaired) electrons. The summed E-state index contributed by atoms with van der Waals surface area (Å²) in [7, 11) is 1.60. The molecule has 0 spiro atoms. The number of ether oxygens (including phenoxy) is 1. The van der Waals surface area contributed by atoms with Gasteiger partial charge in [-0.05, 0) is 55.4 Å². The number of fused-ring (bicyclic) bond motifs is 1. The van der Waals surface area contributed by atoms with Gasteiger partial charge < -0.3 is 15.4 Å². The summed E-state index contributed by atoms with van der Waals surface area (Å²) in [6.45, 7) is 1.65. The summed E-state index contributed by atoms with van der Waals surface area (Å²) in [4.78, 5) is 26.5. The Kier molecular flexibility index (Phi) is 5.19. The number of methoxy groups -OCH3 is 1. The number of carbonyl (C=O) groups excluding carboxylic acids is 2. The molecular formula is C19H26N2O3. The Morgan fingerprint density at radius 2 is 1.92 bits per heavy atom. The van der Waals surface area contributed by atoms with Crippen LogP contribution in [0.4, 0.5) is 0 Å². The summed E-state index contributed by atoms with van der Waals surface area (Å²) in [5.74, 6) is 2.05. The van der Waals surface area contributed by atoms with Crippen LogP contribution >= 0.6 is 0 Å². The van der Waals surface area contributed by atoms with Crippen LogP contribution in [0.15, 0.2) is 24.3 Å². The van der Waals surface area contributed by atoms with Crippen LogP contribution < -0.4 is 10.5 Å². The monoisotopic (exact) mass is 330 g/mol. The Hall–Kier alpha value is -1.88. The van der Waals surface area contributed by atoms with E-state index in [-0.39, 0.29) is 17.7 Å². The van der Waals surface area contributed by atoms with Crippen LogP contribution in [0.2, 0.25) is 0 Å². The summed E-state index contributed by atoms with van der Waals surface area (Å²) < 4.78 is 5.09. The third kappa shape index (κ3) is 3.61. The maximum absolute atomic E-state index is 12.3. The van der Waals surface area contributed by atoms with Crippen LogP contribution in [0, 0.1) is 11.8 Å². The number of hydrogen-bond acceptors (Lipinski definition) is 4. The van der Waals surface area contributed by atoms with Crippen molar-refractivity contribution < 1.29 is 14.3 Å². The zero-order valence-corrected chi connectivity index (χ0v) is 14.2. The minimum absolute atomic E-state index is 0.0748. The van der Waals surface area contributed by atoms with Crippen LogP contribution in [-0.4, -0.2) is 42.8 Å². The quantitative estimate of drug-likeness (QED) is 0.812. The fourth-order valence-corrected chi connectivity index (χ4v) is 3.99. The van der Waals surface area contributed by atoms with Crippen molar-refractivity contribution in [2.75, 3.05) is 20.2 Å². The van der Waals surface area contributed by atoms with Gasteiger partial charge in [0.15, 0.2) is 5.78 Å². The van der Waals surface area contributed by atoms with E-state index in [1.54, 1.807) is 31.4 Å². The van der Waals surface area contributed by atoms with Gasteiger partial charge in [-0.25, -0.2) is 0 Å². The molecule has 1 amide bonds. The molecule has 1 aromatic rings. The van der Waals surface area contributed by atoms with Crippen molar-refractivity contribution in [1.82, 2.24) is 4.90 Å². The van der Waals surface area contributed by atoms with Crippen molar-refractivity contribution in [1.29, 1.82) is 0 Å². The van der Waals surface area contributed by atoms with Crippen molar-refractivity contribution in [3.63, 3.8) is 0 Å². The maximum Gasteiger partial charge on any atom is 0.222 e. The van der Waals surface area contributed by atoms with E-state index in [1.165, 1.54) is 0 Å². The van der Waals surface area contributed by atoms with Crippen molar-refractivity contribution in [3.05, 3.63) is 29.8 Å². The van der Waals surface area contributed by atoms with Crippen molar-refractivity contribution >= 4 is 11.7 Å². The lowest BCUT2D eigenvalue weighted by atomic mass is 9.98. The number of Topliss-reactive ketones (excluding diaryl/α,β-unsaturated/α-hetero) is 1. The van der Waals surface area contributed by atoms with Crippen LogP contribution in [0.5, 0.6) is 5.75 Å². The van der Waals surface area contributed by atoms with E-state index in [4.69, 9.17) is 10.5 Å². The van der Waals surface area contributed by atoms with Crippen LogP contribution in [-0.2, 0) is 4.79 Å². The molecule has 24 heavy (non-hydrogen) atoms. The van der Waals surface area contributed by atoms with Gasteiger partial charge in [0, 0.05) is 37.5 Å². The first kappa shape index (κ1) is 17.0. The second-order valence-electron chi connectivity index (χ2n) is 6.97. The van der Waals surface area contributed by atoms with Crippen LogP contribution in [0.25, 0.3) is 0 Å². The average Bonchev–Trinajstić information content (AvgIpc) is 3.17. The molecule has 1 aromatic carbocycles. The largest absolute Gasteiger partial charge is 0.497 e. The second-order valence-corrected chi connectivity index (χ2v) is 6.97. The van der Waals surface area contributed by atoms with Gasteiger partial charge in [0.2, 0.25) is 5.91 Å². The molecule has 1 aliphatic heterocycles. The van der Waals surface area contributed by atoms with Gasteiger partial charge in [0.05, 0.1) is 7.11 Å². The van der Waals surface area contributed by atoms with Crippen LogP contribution in [0.3, 0.4) is 0 Å². The zero-order chi connectivity index (χ0) is 17.1. The van der Waals surface area contributed by atoms with Gasteiger partial charge >= 0.3 is 0 Å². The first-order valence-corrected chi connectivity index (χ1v) is 8.79. The predicted molar refractivity (Wildman–Crippen MR) is 91.9 cm³/mol. The minimum atomic E-state index is 0.0748. The van der Waals surface area contributed by atoms with E-state index >= 15 is 0 Å². The summed E-state index contributed by atoms with van der Waals surface area (Å²) in [6, 6.07) is 7.36. The van der Waals surface area contributed by atoms with E-state index in [9.17, 15) is 9.59 Å². The number of rotatable bonds is 6. The lowest BCUT2D eigenvalue weighted by molar-refractivity contribution is -0.130. The first-order valence-electron chi connectivity index (χ1n) is 8.79. The SMILES string of the molecule is COc1ccc(C(=O)CCCC(=O)N2CC3CCC(N)C3C2)cc1. The number of nitrogens with two attached hydrogens (primary N) is 1. The Morgan fingerprint density at radius 1 is 1.17 bits per heavy atom. The normalized spacial score (nSPS) is 25.6. The smallest absolute Gasteiger partial charge is 0.222 e. The number of benzene rings is 1. The molecule has 1 saturated carbocycles. The van der Waals surface area contributed by atoms with Crippen LogP contribution in [0.1, 0.15) is 42.5 Å². The predicted octanol–water partition coefficient (Wildman–Crippen LogP) is 2.24. The Labute approximate surface area is 143 Å². The highest BCUT2D eigenvalue weighted by Gasteiger charge is 2.42. The third-order valence-electron chi connectivity index (χ3n) is 5.47. The average molecular weight is 330 g/mol. The molecule has 2 fully saturated rings. The van der Waals surface area contributed by atoms with Crippen molar-refractivity contribution in [2.24, 2.45) is 17.6 Å². The molecule has 3 unspecified atom stereocenters. The summed E-state index contributed by atoms with van der Waals surface area (Å²) >= 11 is 0. The highest BCUT2D eigenvalue weighted by atomic mass is 16.5. The van der Waals surface area contributed by atoms with Crippen molar-refractivity contribution in [2.45, 2.75) is 38.1 Å². The number of hydrogen-bond donors (Lipinski definition) is 1. The molecule has 1 aliphatic carbocycles. The van der Waals surface area contributed by atoms with Gasteiger partial charge in [0.1, 0.15) is 5.75 Å². The standard InChI is InChI=1S/C19H26N2O3/c1-24-15-8-5-13(6-9-15)18(22)3-2-4-19(23)21-11-14-7-10-17(20)16(14)12-21/h5-6,8-9,14,16-17H,2-4,7,10-12,20H2,1H3. The Bertz CT molecular complexity index is 599. The third-order valence-corrected chi connectivity index (χ3v) is 5.47. The highest BCUT2D eigenvalue weighted by Crippen LogP contribution is 2.37. The van der Waals surface area contributed by atoms with E-state index in [0.717, 1.165) is 31.7 Å². The molecule has 130 valence electrons. The minimum Gasteiger partial charge on any atom is -0.497 e. The van der Waals surface area contributed by atoms with E-state index in [0.29, 0.717) is 36.7 Å². The Balaban J connectivity index is 1.42. The molecule has 0 aromatic heterocycles. The number of likely N-dealkylation sites (tertiary alicyclic amines) is 1. The molecule has 3 rings (SSSR count). The number of amides is 1. The molecule has 3 atom stereocenters. The molecule has 2 aliphatic rings. The summed E-state index contributed by atoms with van der Waals surface area (Å²) in [6.07, 6.45) is 3.68. The Morgan fingerprint density at radius 3 is 2.58 bits per heavy atom. The van der Waals surface area contributed by atoms with E-state index in [1.807, 2.05) is 4.90 Å². The molecule has 0 bridgehead atoms. The zero-order valence-electron chi connectivity index (χ0n) is 14.2. The highest BCUT2D eigenvalue weighted by molar-refractivity contribution is 5.96. The van der Waals surface area contributed by atoms with E-state index < -0.39 is 0 Å². The summed E-state index contributed by atoms with van der Waals surface area (Å²) in [5, 5.41) is 0. The lowest BCUT2D eigenvalue weighted by Crippen LogP contribution is -2.33. The number of carbonyl (C=O) groups is 2. The van der Waals surface area contributed by atoms with Gasteiger partial charge in [-0.3, -0.25) is 9.59 Å². The first-order chi connectivity index (χ1) is 11.6. The van der Waals surface area contributed by atoms with E-state index in [2.05, 4.69) is 0 Å². The van der Waals surface area contributed by atoms with Crippen molar-refractivity contribution in [3.8, 4) is 5.75 Å². The van der Waals surface area contributed by atoms with Gasteiger partial charge in [-0.15, -0.1) is 0 Å². The molecule has 1 heterocycles. The molecule has 5 heteroatoms. The fourth-order valence-electron chi connectivity index (χ4n) is 3.99. The topological polar surface area (TPSA) is 72.6 Å². The van der Waals surface area contributed by atoms with Gasteiger partial charge in [-0.1, -0.05) is 0 Å². The van der Waals surface area contributed by atoms with Gasteiger partial charge in [0.25, 0.3) is 0 Å². The molecule has 5 nitrogen and oxygen atoms in total. The number of ketones is 1. The fraction of sp³-hybridized carbons (Fsp3) is 0.579. The summed E-state index contributed by atoms with van der Waals surface area (Å²) in [5.41, 5.74) is 6.79. The lowest BCUT2D eigenvalue weighted by Gasteiger charge is -2.18.